The smallest absolute Gasteiger partial charge is 0.211 e. The number of halogens is 1. The van der Waals surface area contributed by atoms with Crippen molar-refractivity contribution < 1.29 is 8.42 Å². The minimum atomic E-state index is -3.12. The van der Waals surface area contributed by atoms with Crippen molar-refractivity contribution in [1.29, 1.82) is 0 Å². The number of aromatic nitrogens is 1. The zero-order chi connectivity index (χ0) is 16.4. The molecule has 1 rings (SSSR count). The molecule has 0 aliphatic heterocycles. The predicted molar refractivity (Wildman–Crippen MR) is 105 cm³/mol. The lowest BCUT2D eigenvalue weighted by Gasteiger charge is -2.18. The number of guanidine groups is 1. The molecule has 0 saturated carbocycles. The van der Waals surface area contributed by atoms with Gasteiger partial charge in [0, 0.05) is 32.9 Å². The van der Waals surface area contributed by atoms with Crippen molar-refractivity contribution in [2.24, 2.45) is 4.99 Å². The quantitative estimate of drug-likeness (QED) is 0.265. The van der Waals surface area contributed by atoms with Crippen molar-refractivity contribution >= 4 is 40.0 Å². The second-order valence-corrected chi connectivity index (χ2v) is 6.76. The highest BCUT2D eigenvalue weighted by molar-refractivity contribution is 14.0. The summed E-state index contributed by atoms with van der Waals surface area (Å²) < 4.78 is 24.4. The monoisotopic (exact) mass is 455 g/mol. The van der Waals surface area contributed by atoms with Crippen LogP contribution in [0.1, 0.15) is 19.0 Å². The molecule has 0 spiro atoms. The Bertz CT molecular complexity index is 566. The van der Waals surface area contributed by atoms with Crippen molar-refractivity contribution in [3.63, 3.8) is 0 Å². The first-order valence-corrected chi connectivity index (χ1v) is 9.11. The summed E-state index contributed by atoms with van der Waals surface area (Å²) >= 11 is 0. The average Bonchev–Trinajstić information content (AvgIpc) is 2.50. The number of hydrogen-bond donors (Lipinski definition) is 2. The molecule has 0 saturated heterocycles. The summed E-state index contributed by atoms with van der Waals surface area (Å²) in [5.74, 6) is 0.674. The maximum absolute atomic E-state index is 11.5. The van der Waals surface area contributed by atoms with E-state index in [9.17, 15) is 8.42 Å². The SMILES string of the molecule is CCN(CCCNC(=NC)NCc1ccccn1)S(C)(=O)=O.I. The standard InChI is InChI=1S/C14H25N5O2S.HI/c1-4-19(22(3,20)21)11-7-10-17-14(15-2)18-12-13-8-5-6-9-16-13;/h5-6,8-9H,4,7,10-12H2,1-3H3,(H2,15,17,18);1H. The summed E-state index contributed by atoms with van der Waals surface area (Å²) in [6.07, 6.45) is 3.69. The largest absolute Gasteiger partial charge is 0.356 e. The fraction of sp³-hybridized carbons (Fsp3) is 0.571. The number of pyridine rings is 1. The molecule has 0 unspecified atom stereocenters. The molecule has 1 aromatic rings. The highest BCUT2D eigenvalue weighted by Crippen LogP contribution is 1.98. The lowest BCUT2D eigenvalue weighted by atomic mass is 10.3. The van der Waals surface area contributed by atoms with Crippen molar-refractivity contribution in [2.45, 2.75) is 19.9 Å². The van der Waals surface area contributed by atoms with Crippen LogP contribution >= 0.6 is 24.0 Å². The van der Waals surface area contributed by atoms with E-state index in [1.807, 2.05) is 25.1 Å². The number of hydrogen-bond acceptors (Lipinski definition) is 4. The fourth-order valence-corrected chi connectivity index (χ4v) is 2.85. The summed E-state index contributed by atoms with van der Waals surface area (Å²) in [4.78, 5) is 8.35. The van der Waals surface area contributed by atoms with Crippen LogP contribution in [0.15, 0.2) is 29.4 Å². The van der Waals surface area contributed by atoms with Gasteiger partial charge in [-0.1, -0.05) is 13.0 Å². The molecule has 0 radical (unpaired) electrons. The summed E-state index contributed by atoms with van der Waals surface area (Å²) in [6, 6.07) is 5.74. The molecule has 9 heteroatoms. The molecule has 1 aromatic heterocycles. The van der Waals surface area contributed by atoms with E-state index in [4.69, 9.17) is 0 Å². The molecule has 0 atom stereocenters. The number of nitrogens with zero attached hydrogens (tertiary/aromatic N) is 3. The maximum atomic E-state index is 11.5. The molecule has 0 fully saturated rings. The van der Waals surface area contributed by atoms with Crippen LogP contribution < -0.4 is 10.6 Å². The molecule has 0 aromatic carbocycles. The van der Waals surface area contributed by atoms with Crippen molar-refractivity contribution in [2.75, 3.05) is 32.9 Å². The van der Waals surface area contributed by atoms with Crippen LogP contribution in [0.5, 0.6) is 0 Å². The topological polar surface area (TPSA) is 86.7 Å². The van der Waals surface area contributed by atoms with Crippen LogP contribution in [0.2, 0.25) is 0 Å². The molecular formula is C14H26IN5O2S. The van der Waals surface area contributed by atoms with Gasteiger partial charge in [-0.05, 0) is 18.6 Å². The summed E-state index contributed by atoms with van der Waals surface area (Å²) in [6.45, 7) is 4.06. The Balaban J connectivity index is 0.00000484. The van der Waals surface area contributed by atoms with Crippen molar-refractivity contribution in [3.8, 4) is 0 Å². The Morgan fingerprint density at radius 1 is 1.35 bits per heavy atom. The molecule has 1 heterocycles. The predicted octanol–water partition coefficient (Wildman–Crippen LogP) is 1.04. The van der Waals surface area contributed by atoms with E-state index in [1.54, 1.807) is 13.2 Å². The van der Waals surface area contributed by atoms with Crippen LogP contribution in [-0.4, -0.2) is 56.6 Å². The molecule has 2 N–H and O–H groups in total. The van der Waals surface area contributed by atoms with E-state index >= 15 is 0 Å². The van der Waals surface area contributed by atoms with E-state index in [-0.39, 0.29) is 24.0 Å². The van der Waals surface area contributed by atoms with E-state index < -0.39 is 10.0 Å². The second-order valence-electron chi connectivity index (χ2n) is 4.78. The zero-order valence-corrected chi connectivity index (χ0v) is 17.0. The third-order valence-corrected chi connectivity index (χ3v) is 4.46. The summed E-state index contributed by atoms with van der Waals surface area (Å²) in [5.41, 5.74) is 0.930. The van der Waals surface area contributed by atoms with Gasteiger partial charge in [0.25, 0.3) is 0 Å². The molecule has 23 heavy (non-hydrogen) atoms. The van der Waals surface area contributed by atoms with E-state index in [2.05, 4.69) is 20.6 Å². The molecule has 132 valence electrons. The molecule has 7 nitrogen and oxygen atoms in total. The first-order valence-electron chi connectivity index (χ1n) is 7.27. The Morgan fingerprint density at radius 2 is 2.09 bits per heavy atom. The molecule has 0 aliphatic rings. The van der Waals surface area contributed by atoms with Crippen molar-refractivity contribution in [3.05, 3.63) is 30.1 Å². The normalized spacial score (nSPS) is 11.9. The minimum Gasteiger partial charge on any atom is -0.356 e. The zero-order valence-electron chi connectivity index (χ0n) is 13.8. The van der Waals surface area contributed by atoms with Gasteiger partial charge in [-0.25, -0.2) is 12.7 Å². The number of sulfonamides is 1. The van der Waals surface area contributed by atoms with E-state index in [0.29, 0.717) is 38.6 Å². The van der Waals surface area contributed by atoms with Gasteiger partial charge >= 0.3 is 0 Å². The fourth-order valence-electron chi connectivity index (χ4n) is 1.92. The van der Waals surface area contributed by atoms with Crippen LogP contribution in [0.25, 0.3) is 0 Å². The minimum absolute atomic E-state index is 0. The highest BCUT2D eigenvalue weighted by atomic mass is 127. The third kappa shape index (κ3) is 9.06. The second kappa shape index (κ2) is 11.6. The van der Waals surface area contributed by atoms with Gasteiger partial charge in [0.1, 0.15) is 0 Å². The summed E-state index contributed by atoms with van der Waals surface area (Å²) in [5, 5.41) is 6.32. The molecule has 0 aliphatic carbocycles. The van der Waals surface area contributed by atoms with E-state index in [1.165, 1.54) is 10.6 Å². The first kappa shape index (κ1) is 22.1. The van der Waals surface area contributed by atoms with Gasteiger partial charge in [-0.15, -0.1) is 24.0 Å². The van der Waals surface area contributed by atoms with Gasteiger partial charge in [0.05, 0.1) is 18.5 Å². The lowest BCUT2D eigenvalue weighted by Crippen LogP contribution is -2.39. The Hall–Kier alpha value is -0.940. The van der Waals surface area contributed by atoms with Gasteiger partial charge in [0.2, 0.25) is 10.0 Å². The van der Waals surface area contributed by atoms with Crippen LogP contribution in [0, 0.1) is 0 Å². The molecule has 0 bridgehead atoms. The van der Waals surface area contributed by atoms with Crippen molar-refractivity contribution in [1.82, 2.24) is 19.9 Å². The van der Waals surface area contributed by atoms with Gasteiger partial charge in [-0.2, -0.15) is 0 Å². The van der Waals surface area contributed by atoms with Crippen LogP contribution in [-0.2, 0) is 16.6 Å². The maximum Gasteiger partial charge on any atom is 0.211 e. The first-order chi connectivity index (χ1) is 10.5. The third-order valence-electron chi connectivity index (χ3n) is 3.09. The average molecular weight is 455 g/mol. The Labute approximate surface area is 156 Å². The van der Waals surface area contributed by atoms with Crippen LogP contribution in [0.3, 0.4) is 0 Å². The lowest BCUT2D eigenvalue weighted by molar-refractivity contribution is 0.424. The number of rotatable bonds is 8. The highest BCUT2D eigenvalue weighted by Gasteiger charge is 2.13. The summed E-state index contributed by atoms with van der Waals surface area (Å²) in [7, 11) is -1.42. The van der Waals surface area contributed by atoms with Gasteiger partial charge in [0.15, 0.2) is 5.96 Å². The Kier molecular flexibility index (Phi) is 11.1. The number of aliphatic imine (C=N–C) groups is 1. The van der Waals surface area contributed by atoms with E-state index in [0.717, 1.165) is 5.69 Å². The molecule has 0 amide bonds. The molecular weight excluding hydrogens is 429 g/mol. The van der Waals surface area contributed by atoms with Gasteiger partial charge in [-0.3, -0.25) is 9.98 Å². The Morgan fingerprint density at radius 3 is 2.61 bits per heavy atom. The number of nitrogens with one attached hydrogen (secondary N) is 2. The van der Waals surface area contributed by atoms with Crippen LogP contribution in [0.4, 0.5) is 0 Å². The van der Waals surface area contributed by atoms with Gasteiger partial charge < -0.3 is 10.6 Å².